The number of halogens is 2. The Bertz CT molecular complexity index is 1270. The van der Waals surface area contributed by atoms with Crippen molar-refractivity contribution in [2.75, 3.05) is 18.4 Å². The first kappa shape index (κ1) is 23.8. The van der Waals surface area contributed by atoms with Gasteiger partial charge < -0.3 is 10.1 Å². The van der Waals surface area contributed by atoms with Gasteiger partial charge in [-0.05, 0) is 37.1 Å². The molecule has 1 atom stereocenters. The van der Waals surface area contributed by atoms with Crippen LogP contribution in [-0.2, 0) is 21.9 Å². The van der Waals surface area contributed by atoms with Crippen molar-refractivity contribution < 1.29 is 26.7 Å². The van der Waals surface area contributed by atoms with Crippen molar-refractivity contribution in [3.63, 3.8) is 0 Å². The molecule has 1 fully saturated rings. The number of aromatic nitrogens is 2. The Hall–Kier alpha value is -3.31. The Labute approximate surface area is 196 Å². The Kier molecular flexibility index (Phi) is 6.94. The predicted molar refractivity (Wildman–Crippen MR) is 121 cm³/mol. The van der Waals surface area contributed by atoms with Gasteiger partial charge in [0, 0.05) is 44.0 Å². The van der Waals surface area contributed by atoms with E-state index in [1.165, 1.54) is 33.3 Å². The summed E-state index contributed by atoms with van der Waals surface area (Å²) in [7, 11) is -1.98. The number of carbonyl (C=O) groups is 1. The Morgan fingerprint density at radius 3 is 2.38 bits per heavy atom. The van der Waals surface area contributed by atoms with E-state index in [0.717, 1.165) is 31.4 Å². The number of nitrogens with one attached hydrogen (secondary N) is 1. The zero-order valence-electron chi connectivity index (χ0n) is 18.4. The van der Waals surface area contributed by atoms with Gasteiger partial charge in [0.1, 0.15) is 5.82 Å². The second kappa shape index (κ2) is 9.90. The summed E-state index contributed by atoms with van der Waals surface area (Å²) < 4.78 is 62.0. The summed E-state index contributed by atoms with van der Waals surface area (Å²) in [5.41, 5.74) is 0.287. The van der Waals surface area contributed by atoms with Crippen LogP contribution in [0, 0.1) is 11.6 Å². The second-order valence-electron chi connectivity index (χ2n) is 7.97. The van der Waals surface area contributed by atoms with Gasteiger partial charge in [-0.3, -0.25) is 9.48 Å². The number of carbonyl (C=O) groups excluding carboxylic acids is 1. The summed E-state index contributed by atoms with van der Waals surface area (Å²) in [4.78, 5) is 13.1. The number of hydrogen-bond acceptors (Lipinski definition) is 5. The molecule has 1 aromatic heterocycles. The highest BCUT2D eigenvalue weighted by Crippen LogP contribution is 2.28. The van der Waals surface area contributed by atoms with Crippen LogP contribution in [0.1, 0.15) is 30.9 Å². The third-order valence-electron chi connectivity index (χ3n) is 5.48. The van der Waals surface area contributed by atoms with Gasteiger partial charge in [0.25, 0.3) is 5.91 Å². The summed E-state index contributed by atoms with van der Waals surface area (Å²) in [6.07, 6.45) is 2.89. The molecule has 2 heterocycles. The highest BCUT2D eigenvalue weighted by molar-refractivity contribution is 7.89. The molecule has 0 radical (unpaired) electrons. The summed E-state index contributed by atoms with van der Waals surface area (Å²) >= 11 is 0. The smallest absolute Gasteiger partial charge is 0.271 e. The van der Waals surface area contributed by atoms with Crippen molar-refractivity contribution in [3.8, 4) is 5.75 Å². The third-order valence-corrected chi connectivity index (χ3v) is 7.39. The average Bonchev–Trinajstić information content (AvgIpc) is 3.23. The minimum atomic E-state index is -3.66. The molecule has 8 nitrogen and oxygen atoms in total. The standard InChI is InChI=1S/C23H24F2N4O4S/c1-28-14-11-21(27-28)26-23(30)22(33-20-10-7-17(24)15-19(20)25)16-5-8-18(9-6-16)34(31,32)29-12-3-2-4-13-29/h5-11,14-15,22H,2-4,12-13H2,1H3,(H,26,27,30). The summed E-state index contributed by atoms with van der Waals surface area (Å²) in [5.74, 6) is -2.49. The van der Waals surface area contributed by atoms with Crippen LogP contribution in [0.5, 0.6) is 5.75 Å². The number of ether oxygens (including phenoxy) is 1. The molecule has 1 amide bonds. The molecule has 1 N–H and O–H groups in total. The number of anilines is 1. The first-order valence-electron chi connectivity index (χ1n) is 10.8. The molecule has 0 aliphatic carbocycles. The number of amides is 1. The number of sulfonamides is 1. The minimum Gasteiger partial charge on any atom is -0.473 e. The van der Waals surface area contributed by atoms with E-state index in [4.69, 9.17) is 4.74 Å². The van der Waals surface area contributed by atoms with Gasteiger partial charge in [-0.1, -0.05) is 18.6 Å². The quantitative estimate of drug-likeness (QED) is 0.546. The fraction of sp³-hybridized carbons (Fsp3) is 0.304. The van der Waals surface area contributed by atoms with E-state index in [1.807, 2.05) is 0 Å². The topological polar surface area (TPSA) is 93.5 Å². The Morgan fingerprint density at radius 1 is 1.06 bits per heavy atom. The van der Waals surface area contributed by atoms with Crippen LogP contribution in [0.15, 0.2) is 59.6 Å². The molecule has 4 rings (SSSR count). The fourth-order valence-electron chi connectivity index (χ4n) is 3.71. The van der Waals surface area contributed by atoms with Crippen LogP contribution in [0.2, 0.25) is 0 Å². The molecule has 1 aliphatic heterocycles. The van der Waals surface area contributed by atoms with Crippen LogP contribution in [0.4, 0.5) is 14.6 Å². The van der Waals surface area contributed by atoms with Crippen LogP contribution >= 0.6 is 0 Å². The lowest BCUT2D eigenvalue weighted by Gasteiger charge is -2.26. The molecule has 0 saturated carbocycles. The summed E-state index contributed by atoms with van der Waals surface area (Å²) in [6, 6.07) is 10.00. The second-order valence-corrected chi connectivity index (χ2v) is 9.91. The number of rotatable bonds is 7. The number of piperidine rings is 1. The molecule has 0 bridgehead atoms. The minimum absolute atomic E-state index is 0.0926. The molecule has 0 spiro atoms. The van der Waals surface area contributed by atoms with Gasteiger partial charge in [-0.2, -0.15) is 9.40 Å². The molecule has 1 saturated heterocycles. The average molecular weight is 491 g/mol. The maximum atomic E-state index is 14.2. The van der Waals surface area contributed by atoms with E-state index in [2.05, 4.69) is 10.4 Å². The maximum Gasteiger partial charge on any atom is 0.271 e. The van der Waals surface area contributed by atoms with E-state index in [9.17, 15) is 22.0 Å². The van der Waals surface area contributed by atoms with Gasteiger partial charge in [0.05, 0.1) is 4.90 Å². The van der Waals surface area contributed by atoms with Crippen LogP contribution in [-0.4, -0.2) is 41.5 Å². The molecule has 34 heavy (non-hydrogen) atoms. The molecule has 180 valence electrons. The highest BCUT2D eigenvalue weighted by atomic mass is 32.2. The molecular weight excluding hydrogens is 466 g/mol. The number of nitrogens with zero attached hydrogens (tertiary/aromatic N) is 3. The zero-order valence-corrected chi connectivity index (χ0v) is 19.3. The van der Waals surface area contributed by atoms with E-state index in [1.54, 1.807) is 19.3 Å². The summed E-state index contributed by atoms with van der Waals surface area (Å²) in [6.45, 7) is 0.929. The van der Waals surface area contributed by atoms with Crippen molar-refractivity contribution in [3.05, 3.63) is 71.9 Å². The molecule has 1 unspecified atom stereocenters. The SMILES string of the molecule is Cn1ccc(NC(=O)C(Oc2ccc(F)cc2F)c2ccc(S(=O)(=O)N3CCCCC3)cc2)n1. The molecular formula is C23H24F2N4O4S. The third kappa shape index (κ3) is 5.26. The summed E-state index contributed by atoms with van der Waals surface area (Å²) in [5, 5.41) is 6.67. The van der Waals surface area contributed by atoms with Crippen LogP contribution < -0.4 is 10.1 Å². The van der Waals surface area contributed by atoms with Crippen LogP contribution in [0.25, 0.3) is 0 Å². The van der Waals surface area contributed by atoms with Gasteiger partial charge in [0.2, 0.25) is 16.1 Å². The first-order chi connectivity index (χ1) is 16.2. The molecule has 1 aliphatic rings. The van der Waals surface area contributed by atoms with Gasteiger partial charge >= 0.3 is 0 Å². The first-order valence-corrected chi connectivity index (χ1v) is 12.2. The van der Waals surface area contributed by atoms with Gasteiger partial charge in [-0.15, -0.1) is 0 Å². The largest absolute Gasteiger partial charge is 0.473 e. The van der Waals surface area contributed by atoms with Gasteiger partial charge in [-0.25, -0.2) is 17.2 Å². The predicted octanol–water partition coefficient (Wildman–Crippen LogP) is 3.63. The fourth-order valence-corrected chi connectivity index (χ4v) is 5.23. The lowest BCUT2D eigenvalue weighted by atomic mass is 10.1. The van der Waals surface area contributed by atoms with E-state index in [0.29, 0.717) is 19.2 Å². The number of hydrogen-bond donors (Lipinski definition) is 1. The monoisotopic (exact) mass is 490 g/mol. The van der Waals surface area contributed by atoms with Crippen molar-refractivity contribution in [1.29, 1.82) is 0 Å². The number of aryl methyl sites for hydroxylation is 1. The van der Waals surface area contributed by atoms with E-state index < -0.39 is 33.7 Å². The van der Waals surface area contributed by atoms with Crippen molar-refractivity contribution in [2.45, 2.75) is 30.3 Å². The van der Waals surface area contributed by atoms with Gasteiger partial charge in [0.15, 0.2) is 17.4 Å². The number of benzene rings is 2. The van der Waals surface area contributed by atoms with Crippen molar-refractivity contribution >= 4 is 21.7 Å². The van der Waals surface area contributed by atoms with Crippen LogP contribution in [0.3, 0.4) is 0 Å². The lowest BCUT2D eigenvalue weighted by molar-refractivity contribution is -0.123. The maximum absolute atomic E-state index is 14.2. The lowest BCUT2D eigenvalue weighted by Crippen LogP contribution is -2.35. The Balaban J connectivity index is 1.62. The molecule has 2 aromatic carbocycles. The van der Waals surface area contributed by atoms with Crippen molar-refractivity contribution in [1.82, 2.24) is 14.1 Å². The molecule has 11 heteroatoms. The van der Waals surface area contributed by atoms with E-state index >= 15 is 0 Å². The normalized spacial score (nSPS) is 15.6. The van der Waals surface area contributed by atoms with E-state index in [-0.39, 0.29) is 22.0 Å². The highest BCUT2D eigenvalue weighted by Gasteiger charge is 2.28. The zero-order chi connectivity index (χ0) is 24.3. The van der Waals surface area contributed by atoms with Crippen molar-refractivity contribution in [2.24, 2.45) is 7.05 Å². The Morgan fingerprint density at radius 2 is 1.76 bits per heavy atom. The molecule has 3 aromatic rings.